The molecular weight excluding hydrogens is 136 g/mol. The molecule has 0 aromatic carbocycles. The smallest absolute Gasteiger partial charge is 0.0493 e. The number of aliphatic hydroxyl groups is 1. The highest BCUT2D eigenvalue weighted by atomic mass is 16.3. The van der Waals surface area contributed by atoms with Crippen LogP contribution in [0.1, 0.15) is 26.7 Å². The molecule has 1 nitrogen and oxygen atoms in total. The van der Waals surface area contributed by atoms with Crippen LogP contribution in [0.5, 0.6) is 0 Å². The summed E-state index contributed by atoms with van der Waals surface area (Å²) in [6.07, 6.45) is 6.86. The molecule has 0 fully saturated rings. The first-order valence-corrected chi connectivity index (χ1v) is 4.53. The summed E-state index contributed by atoms with van der Waals surface area (Å²) in [5.41, 5.74) is 0. The van der Waals surface area contributed by atoms with Gasteiger partial charge in [-0.3, -0.25) is 0 Å². The third-order valence-corrected chi connectivity index (χ3v) is 2.59. The van der Waals surface area contributed by atoms with Crippen molar-refractivity contribution in [3.63, 3.8) is 0 Å². The van der Waals surface area contributed by atoms with E-state index < -0.39 is 0 Å². The van der Waals surface area contributed by atoms with E-state index in [0.29, 0.717) is 12.5 Å². The van der Waals surface area contributed by atoms with Gasteiger partial charge in [0.15, 0.2) is 0 Å². The van der Waals surface area contributed by atoms with Crippen LogP contribution in [-0.2, 0) is 0 Å². The fraction of sp³-hybridized carbons (Fsp3) is 0.800. The highest BCUT2D eigenvalue weighted by Crippen LogP contribution is 2.26. The number of aliphatic hydroxyl groups excluding tert-OH is 1. The summed E-state index contributed by atoms with van der Waals surface area (Å²) >= 11 is 0. The minimum absolute atomic E-state index is 0.321. The zero-order valence-corrected chi connectivity index (χ0v) is 7.46. The predicted molar refractivity (Wildman–Crippen MR) is 47.3 cm³/mol. The van der Waals surface area contributed by atoms with E-state index in [4.69, 9.17) is 5.11 Å². The van der Waals surface area contributed by atoms with Crippen LogP contribution in [0.15, 0.2) is 12.2 Å². The van der Waals surface area contributed by atoms with Gasteiger partial charge >= 0.3 is 0 Å². The second-order valence-corrected chi connectivity index (χ2v) is 3.81. The van der Waals surface area contributed by atoms with Crippen molar-refractivity contribution in [1.82, 2.24) is 0 Å². The fourth-order valence-electron chi connectivity index (χ4n) is 1.61. The summed E-state index contributed by atoms with van der Waals surface area (Å²) in [7, 11) is 0. The summed E-state index contributed by atoms with van der Waals surface area (Å²) in [5, 5.41) is 8.86. The molecule has 0 amide bonds. The molecule has 0 bridgehead atoms. The van der Waals surface area contributed by atoms with Crippen molar-refractivity contribution in [2.24, 2.45) is 17.8 Å². The van der Waals surface area contributed by atoms with Gasteiger partial charge in [-0.05, 0) is 30.6 Å². The van der Waals surface area contributed by atoms with Gasteiger partial charge in [0.05, 0.1) is 0 Å². The molecule has 0 aliphatic heterocycles. The summed E-state index contributed by atoms with van der Waals surface area (Å²) in [5.74, 6) is 1.94. The molecule has 0 spiro atoms. The van der Waals surface area contributed by atoms with Crippen molar-refractivity contribution < 1.29 is 5.11 Å². The third-order valence-electron chi connectivity index (χ3n) is 2.59. The van der Waals surface area contributed by atoms with Crippen molar-refractivity contribution in [2.75, 3.05) is 6.61 Å². The van der Waals surface area contributed by atoms with Gasteiger partial charge in [-0.15, -0.1) is 0 Å². The molecule has 0 aromatic heterocycles. The Morgan fingerprint density at radius 1 is 1.36 bits per heavy atom. The Kier molecular flexibility index (Phi) is 3.13. The van der Waals surface area contributed by atoms with Gasteiger partial charge in [0, 0.05) is 6.61 Å². The highest BCUT2D eigenvalue weighted by molar-refractivity contribution is 4.98. The van der Waals surface area contributed by atoms with Crippen molar-refractivity contribution in [2.45, 2.75) is 26.7 Å². The summed E-state index contributed by atoms with van der Waals surface area (Å²) in [6, 6.07) is 0. The average Bonchev–Trinajstić information content (AvgIpc) is 2.05. The normalized spacial score (nSPS) is 31.3. The molecule has 1 heteroatoms. The van der Waals surface area contributed by atoms with Crippen LogP contribution >= 0.6 is 0 Å². The number of hydrogen-bond donors (Lipinski definition) is 1. The predicted octanol–water partition coefficient (Wildman–Crippen LogP) is 2.22. The lowest BCUT2D eigenvalue weighted by molar-refractivity contribution is 0.228. The maximum atomic E-state index is 8.86. The summed E-state index contributed by atoms with van der Waals surface area (Å²) < 4.78 is 0. The van der Waals surface area contributed by atoms with E-state index in [9.17, 15) is 0 Å². The van der Waals surface area contributed by atoms with Crippen LogP contribution in [0.2, 0.25) is 0 Å². The summed E-state index contributed by atoms with van der Waals surface area (Å²) in [4.78, 5) is 0. The SMILES string of the molecule is CC(C)[C@@H]1C=CC(CO)CC1. The number of rotatable bonds is 2. The Labute approximate surface area is 69.1 Å². The zero-order valence-electron chi connectivity index (χ0n) is 7.46. The molecule has 1 aliphatic rings. The first kappa shape index (κ1) is 8.79. The average molecular weight is 154 g/mol. The molecule has 11 heavy (non-hydrogen) atoms. The van der Waals surface area contributed by atoms with Crippen molar-refractivity contribution >= 4 is 0 Å². The first-order valence-electron chi connectivity index (χ1n) is 4.53. The Hall–Kier alpha value is -0.300. The Morgan fingerprint density at radius 2 is 2.09 bits per heavy atom. The molecule has 1 aliphatic carbocycles. The molecule has 1 N–H and O–H groups in total. The molecule has 1 unspecified atom stereocenters. The van der Waals surface area contributed by atoms with Crippen LogP contribution < -0.4 is 0 Å². The lowest BCUT2D eigenvalue weighted by Crippen LogP contribution is -2.15. The Balaban J connectivity index is 2.42. The van der Waals surface area contributed by atoms with Crippen LogP contribution in [0.25, 0.3) is 0 Å². The lowest BCUT2D eigenvalue weighted by Gasteiger charge is -2.23. The minimum Gasteiger partial charge on any atom is -0.396 e. The monoisotopic (exact) mass is 154 g/mol. The summed E-state index contributed by atoms with van der Waals surface area (Å²) in [6.45, 7) is 4.84. The van der Waals surface area contributed by atoms with Gasteiger partial charge in [0.25, 0.3) is 0 Å². The van der Waals surface area contributed by atoms with E-state index in [1.54, 1.807) is 0 Å². The van der Waals surface area contributed by atoms with Crippen LogP contribution in [-0.4, -0.2) is 11.7 Å². The van der Waals surface area contributed by atoms with E-state index in [2.05, 4.69) is 26.0 Å². The van der Waals surface area contributed by atoms with E-state index in [-0.39, 0.29) is 0 Å². The molecule has 1 rings (SSSR count). The number of hydrogen-bond acceptors (Lipinski definition) is 1. The van der Waals surface area contributed by atoms with Gasteiger partial charge in [-0.2, -0.15) is 0 Å². The van der Waals surface area contributed by atoms with Gasteiger partial charge in [-0.25, -0.2) is 0 Å². The largest absolute Gasteiger partial charge is 0.396 e. The van der Waals surface area contributed by atoms with Crippen molar-refractivity contribution in [3.8, 4) is 0 Å². The van der Waals surface area contributed by atoms with Crippen molar-refractivity contribution in [3.05, 3.63) is 12.2 Å². The molecule has 64 valence electrons. The Bertz CT molecular complexity index is 138. The molecular formula is C10H18O. The van der Waals surface area contributed by atoms with Gasteiger partial charge in [0.1, 0.15) is 0 Å². The molecule has 0 aromatic rings. The van der Waals surface area contributed by atoms with E-state index in [0.717, 1.165) is 18.3 Å². The fourth-order valence-corrected chi connectivity index (χ4v) is 1.61. The van der Waals surface area contributed by atoms with Crippen LogP contribution in [0.3, 0.4) is 0 Å². The van der Waals surface area contributed by atoms with E-state index in [1.807, 2.05) is 0 Å². The van der Waals surface area contributed by atoms with E-state index in [1.165, 1.54) is 6.42 Å². The standard InChI is InChI=1S/C10H18O/c1-8(2)10-5-3-9(7-11)4-6-10/h3,5,8-11H,4,6-7H2,1-2H3/t9?,10-/m1/s1. The first-order chi connectivity index (χ1) is 5.24. The second kappa shape index (κ2) is 3.91. The van der Waals surface area contributed by atoms with Crippen LogP contribution in [0.4, 0.5) is 0 Å². The molecule has 0 radical (unpaired) electrons. The molecule has 2 atom stereocenters. The molecule has 0 saturated carbocycles. The lowest BCUT2D eigenvalue weighted by atomic mass is 9.83. The third kappa shape index (κ3) is 2.33. The quantitative estimate of drug-likeness (QED) is 0.605. The van der Waals surface area contributed by atoms with Crippen molar-refractivity contribution in [1.29, 1.82) is 0 Å². The molecule has 0 saturated heterocycles. The number of allylic oxidation sites excluding steroid dienone is 1. The van der Waals surface area contributed by atoms with Crippen LogP contribution in [0, 0.1) is 17.8 Å². The molecule has 0 heterocycles. The maximum absolute atomic E-state index is 8.86. The van der Waals surface area contributed by atoms with Gasteiger partial charge in [-0.1, -0.05) is 26.0 Å². The topological polar surface area (TPSA) is 20.2 Å². The van der Waals surface area contributed by atoms with Gasteiger partial charge in [0.2, 0.25) is 0 Å². The second-order valence-electron chi connectivity index (χ2n) is 3.81. The minimum atomic E-state index is 0.321. The van der Waals surface area contributed by atoms with E-state index >= 15 is 0 Å². The highest BCUT2D eigenvalue weighted by Gasteiger charge is 2.16. The Morgan fingerprint density at radius 3 is 2.45 bits per heavy atom. The maximum Gasteiger partial charge on any atom is 0.0493 e. The zero-order chi connectivity index (χ0) is 8.27. The van der Waals surface area contributed by atoms with Gasteiger partial charge < -0.3 is 5.11 Å².